The molecule has 0 bridgehead atoms. The van der Waals surface area contributed by atoms with Crippen LogP contribution in [0.1, 0.15) is 12.5 Å². The summed E-state index contributed by atoms with van der Waals surface area (Å²) >= 11 is 1.73. The minimum Gasteiger partial charge on any atom is -0.376 e. The normalized spacial score (nSPS) is 25.0. The van der Waals surface area contributed by atoms with Crippen molar-refractivity contribution in [3.8, 4) is 0 Å². The number of carbonyl (C=O) groups excluding carboxylic acids is 1. The standard InChI is InChI=1S/C15H19N3O2S/c1-11(19)17(2)15-14(12-6-4-3-5-7-12)16-18-8-9-20-10-13(18)21-15/h3-7,13,15H,8-10H2,1-2H3. The molecular formula is C15H19N3O2S. The zero-order valence-electron chi connectivity index (χ0n) is 12.2. The van der Waals surface area contributed by atoms with E-state index in [0.717, 1.165) is 17.8 Å². The fourth-order valence-electron chi connectivity index (χ4n) is 2.45. The molecule has 0 aromatic heterocycles. The molecule has 0 spiro atoms. The van der Waals surface area contributed by atoms with Gasteiger partial charge in [0.05, 0.1) is 19.8 Å². The average molecular weight is 305 g/mol. The van der Waals surface area contributed by atoms with Crippen molar-refractivity contribution in [3.63, 3.8) is 0 Å². The molecule has 1 saturated heterocycles. The Labute approximate surface area is 128 Å². The number of benzene rings is 1. The van der Waals surface area contributed by atoms with Gasteiger partial charge in [0.2, 0.25) is 5.91 Å². The number of morpholine rings is 1. The smallest absolute Gasteiger partial charge is 0.220 e. The van der Waals surface area contributed by atoms with E-state index in [9.17, 15) is 4.79 Å². The van der Waals surface area contributed by atoms with Crippen LogP contribution in [0.5, 0.6) is 0 Å². The van der Waals surface area contributed by atoms with E-state index in [0.29, 0.717) is 13.2 Å². The number of carbonyl (C=O) groups is 1. The summed E-state index contributed by atoms with van der Waals surface area (Å²) in [7, 11) is 1.83. The molecule has 5 nitrogen and oxygen atoms in total. The van der Waals surface area contributed by atoms with Gasteiger partial charge in [-0.2, -0.15) is 5.10 Å². The molecule has 0 aliphatic carbocycles. The molecule has 21 heavy (non-hydrogen) atoms. The lowest BCUT2D eigenvalue weighted by Crippen LogP contribution is -2.51. The second-order valence-electron chi connectivity index (χ2n) is 5.16. The fraction of sp³-hybridized carbons (Fsp3) is 0.467. The number of hydrazone groups is 1. The van der Waals surface area contributed by atoms with Gasteiger partial charge in [0.1, 0.15) is 16.5 Å². The van der Waals surface area contributed by atoms with Crippen LogP contribution in [0, 0.1) is 0 Å². The number of nitrogens with zero attached hydrogens (tertiary/aromatic N) is 3. The molecule has 2 atom stereocenters. The van der Waals surface area contributed by atoms with E-state index < -0.39 is 0 Å². The molecule has 112 valence electrons. The molecule has 0 N–H and O–H groups in total. The summed E-state index contributed by atoms with van der Waals surface area (Å²) in [6.45, 7) is 3.74. The van der Waals surface area contributed by atoms with Gasteiger partial charge in [0.15, 0.2) is 0 Å². The third kappa shape index (κ3) is 2.91. The quantitative estimate of drug-likeness (QED) is 0.832. The first-order valence-electron chi connectivity index (χ1n) is 7.04. The highest BCUT2D eigenvalue weighted by Gasteiger charge is 2.36. The van der Waals surface area contributed by atoms with E-state index in [2.05, 4.69) is 5.01 Å². The summed E-state index contributed by atoms with van der Waals surface area (Å²) in [4.78, 5) is 13.5. The van der Waals surface area contributed by atoms with Crippen molar-refractivity contribution in [2.45, 2.75) is 17.7 Å². The van der Waals surface area contributed by atoms with Crippen LogP contribution in [0.25, 0.3) is 0 Å². The van der Waals surface area contributed by atoms with E-state index in [1.165, 1.54) is 0 Å². The lowest BCUT2D eigenvalue weighted by Gasteiger charge is -2.42. The first-order valence-corrected chi connectivity index (χ1v) is 7.98. The summed E-state index contributed by atoms with van der Waals surface area (Å²) in [5.41, 5.74) is 2.00. The Kier molecular flexibility index (Phi) is 4.17. The summed E-state index contributed by atoms with van der Waals surface area (Å²) in [5, 5.41) is 7.00. The lowest BCUT2D eigenvalue weighted by molar-refractivity contribution is -0.127. The molecule has 2 aliphatic rings. The molecule has 1 aromatic rings. The third-order valence-electron chi connectivity index (χ3n) is 3.73. The van der Waals surface area contributed by atoms with Gasteiger partial charge in [-0.25, -0.2) is 0 Å². The predicted octanol–water partition coefficient (Wildman–Crippen LogP) is 1.60. The topological polar surface area (TPSA) is 45.1 Å². The zero-order chi connectivity index (χ0) is 14.8. The van der Waals surface area contributed by atoms with Crippen molar-refractivity contribution in [2.24, 2.45) is 5.10 Å². The monoisotopic (exact) mass is 305 g/mol. The minimum absolute atomic E-state index is 0.0429. The maximum Gasteiger partial charge on any atom is 0.220 e. The van der Waals surface area contributed by atoms with Crippen LogP contribution < -0.4 is 0 Å². The van der Waals surface area contributed by atoms with Gasteiger partial charge in [-0.05, 0) is 0 Å². The van der Waals surface area contributed by atoms with E-state index in [1.807, 2.05) is 37.4 Å². The number of hydrogen-bond acceptors (Lipinski definition) is 5. The molecule has 1 fully saturated rings. The Morgan fingerprint density at radius 3 is 2.90 bits per heavy atom. The number of rotatable bonds is 2. The van der Waals surface area contributed by atoms with E-state index in [4.69, 9.17) is 9.84 Å². The average Bonchev–Trinajstić information content (AvgIpc) is 2.53. The van der Waals surface area contributed by atoms with Crippen molar-refractivity contribution >= 4 is 23.4 Å². The molecule has 6 heteroatoms. The number of hydrogen-bond donors (Lipinski definition) is 0. The number of amides is 1. The largest absolute Gasteiger partial charge is 0.376 e. The molecule has 2 unspecified atom stereocenters. The Balaban J connectivity index is 1.97. The summed E-state index contributed by atoms with van der Waals surface area (Å²) < 4.78 is 5.53. The fourth-order valence-corrected chi connectivity index (χ4v) is 3.85. The molecule has 1 amide bonds. The molecule has 0 radical (unpaired) electrons. The van der Waals surface area contributed by atoms with Crippen LogP contribution >= 0.6 is 11.8 Å². The second kappa shape index (κ2) is 6.07. The highest BCUT2D eigenvalue weighted by atomic mass is 32.2. The van der Waals surface area contributed by atoms with Gasteiger partial charge in [-0.15, -0.1) is 11.8 Å². The zero-order valence-corrected chi connectivity index (χ0v) is 13.0. The maximum absolute atomic E-state index is 11.8. The van der Waals surface area contributed by atoms with Gasteiger partial charge < -0.3 is 9.64 Å². The van der Waals surface area contributed by atoms with Gasteiger partial charge in [0, 0.05) is 19.5 Å². The summed E-state index contributed by atoms with van der Waals surface area (Å²) in [5.74, 6) is 0.0429. The Bertz CT molecular complexity index is 549. The third-order valence-corrected chi connectivity index (χ3v) is 5.22. The van der Waals surface area contributed by atoms with Gasteiger partial charge in [0.25, 0.3) is 0 Å². The van der Waals surface area contributed by atoms with Crippen LogP contribution in [0.4, 0.5) is 0 Å². The SMILES string of the molecule is CC(=O)N(C)C1SC2COCCN2N=C1c1ccccc1. The Morgan fingerprint density at radius 1 is 1.43 bits per heavy atom. The summed E-state index contributed by atoms with van der Waals surface area (Å²) in [6.07, 6.45) is 0. The van der Waals surface area contributed by atoms with Crippen LogP contribution in [-0.4, -0.2) is 59.1 Å². The number of ether oxygens (including phenoxy) is 1. The van der Waals surface area contributed by atoms with Crippen molar-refractivity contribution in [2.75, 3.05) is 26.8 Å². The molecule has 1 aromatic carbocycles. The van der Waals surface area contributed by atoms with Gasteiger partial charge in [-0.1, -0.05) is 30.3 Å². The number of thioether (sulfide) groups is 1. The number of fused-ring (bicyclic) bond motifs is 1. The van der Waals surface area contributed by atoms with Crippen LogP contribution in [0.3, 0.4) is 0 Å². The van der Waals surface area contributed by atoms with Crippen molar-refractivity contribution in [3.05, 3.63) is 35.9 Å². The summed E-state index contributed by atoms with van der Waals surface area (Å²) in [6, 6.07) is 10.1. The first-order chi connectivity index (χ1) is 10.2. The first kappa shape index (κ1) is 14.4. The molecule has 0 saturated carbocycles. The van der Waals surface area contributed by atoms with Crippen molar-refractivity contribution < 1.29 is 9.53 Å². The maximum atomic E-state index is 11.8. The van der Waals surface area contributed by atoms with Gasteiger partial charge in [-0.3, -0.25) is 9.80 Å². The van der Waals surface area contributed by atoms with Gasteiger partial charge >= 0.3 is 0 Å². The highest BCUT2D eigenvalue weighted by Crippen LogP contribution is 2.33. The molecule has 2 aliphatic heterocycles. The minimum atomic E-state index is -0.0761. The van der Waals surface area contributed by atoms with E-state index >= 15 is 0 Å². The van der Waals surface area contributed by atoms with E-state index in [1.54, 1.807) is 23.6 Å². The predicted molar refractivity (Wildman–Crippen MR) is 84.1 cm³/mol. The Morgan fingerprint density at radius 2 is 2.19 bits per heavy atom. The van der Waals surface area contributed by atoms with Crippen LogP contribution in [0.15, 0.2) is 35.4 Å². The second-order valence-corrected chi connectivity index (χ2v) is 6.43. The Hall–Kier alpha value is -1.53. The molecule has 2 heterocycles. The van der Waals surface area contributed by atoms with Crippen LogP contribution in [0.2, 0.25) is 0 Å². The van der Waals surface area contributed by atoms with Crippen molar-refractivity contribution in [1.29, 1.82) is 0 Å². The van der Waals surface area contributed by atoms with Crippen molar-refractivity contribution in [1.82, 2.24) is 9.91 Å². The van der Waals surface area contributed by atoms with Crippen LogP contribution in [-0.2, 0) is 9.53 Å². The lowest BCUT2D eigenvalue weighted by atomic mass is 10.1. The molecular weight excluding hydrogens is 286 g/mol. The number of likely N-dealkylation sites (N-methyl/N-ethyl adjacent to an activating group) is 1. The highest BCUT2D eigenvalue weighted by molar-refractivity contribution is 8.01. The van der Waals surface area contributed by atoms with E-state index in [-0.39, 0.29) is 16.7 Å². The molecule has 3 rings (SSSR count).